The van der Waals surface area contributed by atoms with Gasteiger partial charge in [-0.05, 0) is 51.9 Å². The van der Waals surface area contributed by atoms with Gasteiger partial charge < -0.3 is 5.73 Å². The summed E-state index contributed by atoms with van der Waals surface area (Å²) < 4.78 is 0. The van der Waals surface area contributed by atoms with Crippen LogP contribution >= 0.6 is 0 Å². The summed E-state index contributed by atoms with van der Waals surface area (Å²) in [7, 11) is 0. The molecule has 1 rings (SSSR count). The van der Waals surface area contributed by atoms with Gasteiger partial charge in [0.25, 0.3) is 0 Å². The molecule has 1 nitrogen and oxygen atoms in total. The second-order valence-electron chi connectivity index (χ2n) is 4.13. The molecule has 14 heavy (non-hydrogen) atoms. The van der Waals surface area contributed by atoms with E-state index in [0.717, 1.165) is 6.42 Å². The summed E-state index contributed by atoms with van der Waals surface area (Å²) in [6.45, 7) is 2.07. The monoisotopic (exact) mass is 193 g/mol. The fourth-order valence-electron chi connectivity index (χ4n) is 2.01. The van der Waals surface area contributed by atoms with E-state index in [2.05, 4.69) is 25.2 Å². The van der Waals surface area contributed by atoms with Crippen LogP contribution in [0.4, 0.5) is 0 Å². The molecule has 0 radical (unpaired) electrons. The molecule has 1 aliphatic rings. The first kappa shape index (κ1) is 11.5. The molecular weight excluding hydrogens is 170 g/mol. The number of allylic oxidation sites excluding steroid dienone is 3. The molecule has 0 aromatic carbocycles. The molecule has 80 valence electrons. The highest BCUT2D eigenvalue weighted by atomic mass is 14.6. The maximum absolute atomic E-state index is 6.14. The van der Waals surface area contributed by atoms with Crippen LogP contribution in [0.15, 0.2) is 23.8 Å². The molecule has 0 bridgehead atoms. The average molecular weight is 193 g/mol. The fraction of sp³-hybridized carbons (Fsp3) is 0.692. The van der Waals surface area contributed by atoms with E-state index in [9.17, 15) is 0 Å². The number of rotatable bonds is 5. The molecule has 0 saturated carbocycles. The van der Waals surface area contributed by atoms with Gasteiger partial charge in [0.15, 0.2) is 0 Å². The molecule has 0 aromatic rings. The Morgan fingerprint density at radius 3 is 3.00 bits per heavy atom. The zero-order chi connectivity index (χ0) is 10.2. The second-order valence-corrected chi connectivity index (χ2v) is 4.13. The van der Waals surface area contributed by atoms with Gasteiger partial charge in [0.1, 0.15) is 0 Å². The van der Waals surface area contributed by atoms with Crippen LogP contribution in [0.25, 0.3) is 0 Å². The first-order chi connectivity index (χ1) is 6.84. The van der Waals surface area contributed by atoms with Crippen LogP contribution in [0.1, 0.15) is 51.9 Å². The standard InChI is InChI=1S/C13H23N/c1-2-3-4-8-11-13(14)12-9-6-5-7-10-12/h2-3,9,13H,4-8,10-11,14H2,1H3/b3-2-. The quantitative estimate of drug-likeness (QED) is 0.524. The molecule has 0 saturated heterocycles. The lowest BCUT2D eigenvalue weighted by Crippen LogP contribution is -2.23. The van der Waals surface area contributed by atoms with Crippen LogP contribution in [0.3, 0.4) is 0 Å². The lowest BCUT2D eigenvalue weighted by molar-refractivity contribution is 0.588. The van der Waals surface area contributed by atoms with E-state index in [1.165, 1.54) is 44.1 Å². The third kappa shape index (κ3) is 4.10. The van der Waals surface area contributed by atoms with Crippen LogP contribution in [0.2, 0.25) is 0 Å². The molecule has 1 aliphatic carbocycles. The van der Waals surface area contributed by atoms with Crippen molar-refractivity contribution in [1.29, 1.82) is 0 Å². The van der Waals surface area contributed by atoms with Gasteiger partial charge >= 0.3 is 0 Å². The van der Waals surface area contributed by atoms with Gasteiger partial charge in [-0.15, -0.1) is 0 Å². The molecule has 1 heteroatoms. The van der Waals surface area contributed by atoms with E-state index in [0.29, 0.717) is 6.04 Å². The summed E-state index contributed by atoms with van der Waals surface area (Å²) in [6, 6.07) is 0.334. The van der Waals surface area contributed by atoms with E-state index < -0.39 is 0 Å². The van der Waals surface area contributed by atoms with Crippen molar-refractivity contribution in [2.75, 3.05) is 0 Å². The molecule has 0 spiro atoms. The SMILES string of the molecule is C/C=C\CCCC(N)C1=CCCCC1. The van der Waals surface area contributed by atoms with Crippen molar-refractivity contribution in [2.24, 2.45) is 5.73 Å². The summed E-state index contributed by atoms with van der Waals surface area (Å²) in [5.41, 5.74) is 7.65. The van der Waals surface area contributed by atoms with Crippen LogP contribution in [-0.2, 0) is 0 Å². The Hall–Kier alpha value is -0.560. The third-order valence-electron chi connectivity index (χ3n) is 2.92. The van der Waals surface area contributed by atoms with Gasteiger partial charge in [0.05, 0.1) is 0 Å². The second kappa shape index (κ2) is 6.83. The van der Waals surface area contributed by atoms with Crippen LogP contribution in [0, 0.1) is 0 Å². The third-order valence-corrected chi connectivity index (χ3v) is 2.92. The summed E-state index contributed by atoms with van der Waals surface area (Å²) in [5.74, 6) is 0. The molecule has 2 N–H and O–H groups in total. The maximum Gasteiger partial charge on any atom is 0.0253 e. The van der Waals surface area contributed by atoms with Gasteiger partial charge in [-0.25, -0.2) is 0 Å². The summed E-state index contributed by atoms with van der Waals surface area (Å²) in [4.78, 5) is 0. The first-order valence-electron chi connectivity index (χ1n) is 5.90. The Morgan fingerprint density at radius 2 is 2.36 bits per heavy atom. The van der Waals surface area contributed by atoms with E-state index in [-0.39, 0.29) is 0 Å². The number of hydrogen-bond acceptors (Lipinski definition) is 1. The summed E-state index contributed by atoms with van der Waals surface area (Å²) >= 11 is 0. The summed E-state index contributed by atoms with van der Waals surface area (Å²) in [6.07, 6.45) is 15.4. The zero-order valence-electron chi connectivity index (χ0n) is 9.34. The normalized spacial score (nSPS) is 19.7. The van der Waals surface area contributed by atoms with Crippen LogP contribution in [0.5, 0.6) is 0 Å². The Balaban J connectivity index is 2.19. The lowest BCUT2D eigenvalue weighted by atomic mass is 9.92. The fourth-order valence-corrected chi connectivity index (χ4v) is 2.01. The van der Waals surface area contributed by atoms with Crippen molar-refractivity contribution in [3.63, 3.8) is 0 Å². The highest BCUT2D eigenvalue weighted by Gasteiger charge is 2.10. The molecule has 0 amide bonds. The topological polar surface area (TPSA) is 26.0 Å². The van der Waals surface area contributed by atoms with Crippen molar-refractivity contribution in [2.45, 2.75) is 57.9 Å². The van der Waals surface area contributed by atoms with Crippen LogP contribution in [-0.4, -0.2) is 6.04 Å². The largest absolute Gasteiger partial charge is 0.324 e. The zero-order valence-corrected chi connectivity index (χ0v) is 9.34. The number of hydrogen-bond donors (Lipinski definition) is 1. The van der Waals surface area contributed by atoms with E-state index >= 15 is 0 Å². The minimum absolute atomic E-state index is 0.334. The predicted molar refractivity (Wildman–Crippen MR) is 63.2 cm³/mol. The molecule has 1 unspecified atom stereocenters. The molecule has 0 aliphatic heterocycles. The Kier molecular flexibility index (Phi) is 5.62. The smallest absolute Gasteiger partial charge is 0.0253 e. The Morgan fingerprint density at radius 1 is 1.50 bits per heavy atom. The molecule has 0 fully saturated rings. The van der Waals surface area contributed by atoms with Crippen molar-refractivity contribution < 1.29 is 0 Å². The van der Waals surface area contributed by atoms with Crippen LogP contribution < -0.4 is 5.73 Å². The van der Waals surface area contributed by atoms with Crippen molar-refractivity contribution in [3.05, 3.63) is 23.8 Å². The lowest BCUT2D eigenvalue weighted by Gasteiger charge is -2.19. The molecule has 0 aromatic heterocycles. The summed E-state index contributed by atoms with van der Waals surface area (Å²) in [5, 5.41) is 0. The average Bonchev–Trinajstić information content (AvgIpc) is 2.25. The van der Waals surface area contributed by atoms with Gasteiger partial charge in [0.2, 0.25) is 0 Å². The Bertz CT molecular complexity index is 203. The minimum atomic E-state index is 0.334. The highest BCUT2D eigenvalue weighted by molar-refractivity contribution is 5.12. The van der Waals surface area contributed by atoms with Gasteiger partial charge in [-0.3, -0.25) is 0 Å². The highest BCUT2D eigenvalue weighted by Crippen LogP contribution is 2.21. The van der Waals surface area contributed by atoms with Gasteiger partial charge in [-0.2, -0.15) is 0 Å². The minimum Gasteiger partial charge on any atom is -0.324 e. The van der Waals surface area contributed by atoms with E-state index in [1.807, 2.05) is 0 Å². The number of nitrogens with two attached hydrogens (primary N) is 1. The van der Waals surface area contributed by atoms with E-state index in [4.69, 9.17) is 5.73 Å². The van der Waals surface area contributed by atoms with Gasteiger partial charge in [0, 0.05) is 6.04 Å². The maximum atomic E-state index is 6.14. The molecule has 0 heterocycles. The number of unbranched alkanes of at least 4 members (excludes halogenated alkanes) is 1. The van der Waals surface area contributed by atoms with Gasteiger partial charge in [-0.1, -0.05) is 23.8 Å². The van der Waals surface area contributed by atoms with Crippen molar-refractivity contribution >= 4 is 0 Å². The Labute approximate surface area is 88.1 Å². The first-order valence-corrected chi connectivity index (χ1v) is 5.90. The molecular formula is C13H23N. The molecule has 1 atom stereocenters. The van der Waals surface area contributed by atoms with Crippen molar-refractivity contribution in [3.8, 4) is 0 Å². The van der Waals surface area contributed by atoms with E-state index in [1.54, 1.807) is 0 Å². The predicted octanol–water partition coefficient (Wildman–Crippen LogP) is 3.56. The van der Waals surface area contributed by atoms with Crippen molar-refractivity contribution in [1.82, 2.24) is 0 Å².